The molecule has 0 amide bonds. The van der Waals surface area contributed by atoms with Gasteiger partial charge in [-0.2, -0.15) is 0 Å². The zero-order chi connectivity index (χ0) is 15.6. The Morgan fingerprint density at radius 2 is 1.90 bits per heavy atom. The zero-order valence-corrected chi connectivity index (χ0v) is 13.3. The van der Waals surface area contributed by atoms with E-state index in [9.17, 15) is 13.2 Å². The van der Waals surface area contributed by atoms with Crippen LogP contribution in [0.2, 0.25) is 10.3 Å². The summed E-state index contributed by atoms with van der Waals surface area (Å²) in [4.78, 5) is 22.4. The van der Waals surface area contributed by atoms with Crippen molar-refractivity contribution in [2.75, 3.05) is 11.8 Å². The highest BCUT2D eigenvalue weighted by atomic mass is 35.5. The van der Waals surface area contributed by atoms with Gasteiger partial charge in [0.2, 0.25) is 0 Å². The number of nitrogens with one attached hydrogen (secondary N) is 1. The van der Waals surface area contributed by atoms with Crippen molar-refractivity contribution in [2.45, 2.75) is 4.21 Å². The molecule has 0 spiro atoms. The van der Waals surface area contributed by atoms with Crippen LogP contribution in [0.25, 0.3) is 0 Å². The van der Waals surface area contributed by atoms with Gasteiger partial charge in [-0.05, 0) is 0 Å². The number of methoxy groups -OCH3 is 1. The summed E-state index contributed by atoms with van der Waals surface area (Å²) < 4.78 is 30.8. The summed E-state index contributed by atoms with van der Waals surface area (Å²) in [6.45, 7) is 0. The van der Waals surface area contributed by atoms with Crippen molar-refractivity contribution in [3.8, 4) is 0 Å². The second kappa shape index (κ2) is 6.10. The summed E-state index contributed by atoms with van der Waals surface area (Å²) >= 11 is 12.3. The number of nitrogens with zero attached hydrogens (tertiary/aromatic N) is 3. The number of aromatic nitrogens is 3. The first-order valence-electron chi connectivity index (χ1n) is 5.07. The van der Waals surface area contributed by atoms with Crippen LogP contribution in [0, 0.1) is 0 Å². The van der Waals surface area contributed by atoms with Gasteiger partial charge in [0.05, 0.1) is 12.6 Å². The molecule has 0 bridgehead atoms. The lowest BCUT2D eigenvalue weighted by molar-refractivity contribution is 0.0590. The Labute approximate surface area is 133 Å². The SMILES string of the molecule is COC(=O)c1ncsc1S(=O)(=O)Nc1c(Cl)ncnc1Cl. The Kier molecular flexibility index (Phi) is 4.61. The molecule has 0 saturated carbocycles. The third-order valence-electron chi connectivity index (χ3n) is 2.15. The molecule has 0 aliphatic rings. The first kappa shape index (κ1) is 15.9. The van der Waals surface area contributed by atoms with Crippen LogP contribution in [-0.4, -0.2) is 36.4 Å². The number of thiazole rings is 1. The van der Waals surface area contributed by atoms with E-state index in [0.717, 1.165) is 24.8 Å². The normalized spacial score (nSPS) is 11.2. The van der Waals surface area contributed by atoms with Gasteiger partial charge in [0, 0.05) is 0 Å². The van der Waals surface area contributed by atoms with Gasteiger partial charge in [-0.3, -0.25) is 4.72 Å². The molecule has 0 radical (unpaired) electrons. The Morgan fingerprint density at radius 3 is 2.48 bits per heavy atom. The summed E-state index contributed by atoms with van der Waals surface area (Å²) in [5, 5.41) is -0.356. The van der Waals surface area contributed by atoms with Crippen molar-refractivity contribution in [1.29, 1.82) is 0 Å². The van der Waals surface area contributed by atoms with Gasteiger partial charge in [-0.1, -0.05) is 23.2 Å². The number of ether oxygens (including phenoxy) is 1. The minimum Gasteiger partial charge on any atom is -0.464 e. The molecule has 21 heavy (non-hydrogen) atoms. The second-order valence-electron chi connectivity index (χ2n) is 3.42. The first-order valence-corrected chi connectivity index (χ1v) is 8.19. The van der Waals surface area contributed by atoms with E-state index in [-0.39, 0.29) is 25.9 Å². The topological polar surface area (TPSA) is 111 Å². The lowest BCUT2D eigenvalue weighted by atomic mass is 10.5. The van der Waals surface area contributed by atoms with Crippen molar-refractivity contribution in [3.05, 3.63) is 27.8 Å². The van der Waals surface area contributed by atoms with Gasteiger partial charge in [-0.25, -0.2) is 28.2 Å². The molecule has 0 unspecified atom stereocenters. The van der Waals surface area contributed by atoms with Crippen molar-refractivity contribution in [3.63, 3.8) is 0 Å². The number of carbonyl (C=O) groups excluding carboxylic acids is 1. The van der Waals surface area contributed by atoms with Crippen molar-refractivity contribution >= 4 is 56.2 Å². The monoisotopic (exact) mass is 368 g/mol. The van der Waals surface area contributed by atoms with Crippen LogP contribution in [0.1, 0.15) is 10.5 Å². The van der Waals surface area contributed by atoms with Gasteiger partial charge in [-0.15, -0.1) is 11.3 Å². The molecule has 2 heterocycles. The average molecular weight is 369 g/mol. The van der Waals surface area contributed by atoms with Crippen molar-refractivity contribution in [2.24, 2.45) is 0 Å². The molecule has 0 fully saturated rings. The molecule has 2 aromatic heterocycles. The van der Waals surface area contributed by atoms with Crippen LogP contribution >= 0.6 is 34.5 Å². The number of carbonyl (C=O) groups is 1. The van der Waals surface area contributed by atoms with Crippen LogP contribution in [-0.2, 0) is 14.8 Å². The maximum atomic E-state index is 12.3. The van der Waals surface area contributed by atoms with Gasteiger partial charge in [0.1, 0.15) is 12.0 Å². The Balaban J connectivity index is 2.45. The number of hydrogen-bond donors (Lipinski definition) is 1. The molecular formula is C9H6Cl2N4O4S2. The summed E-state index contributed by atoms with van der Waals surface area (Å²) in [7, 11) is -3.03. The van der Waals surface area contributed by atoms with Crippen LogP contribution in [0.5, 0.6) is 0 Å². The highest BCUT2D eigenvalue weighted by molar-refractivity contribution is 7.94. The molecule has 0 aromatic carbocycles. The van der Waals surface area contributed by atoms with Crippen LogP contribution in [0.3, 0.4) is 0 Å². The second-order valence-corrected chi connectivity index (χ2v) is 6.86. The predicted molar refractivity (Wildman–Crippen MR) is 76.3 cm³/mol. The van der Waals surface area contributed by atoms with E-state index in [0.29, 0.717) is 0 Å². The van der Waals surface area contributed by atoms with Gasteiger partial charge < -0.3 is 4.74 Å². The molecule has 0 aliphatic heterocycles. The Bertz CT molecular complexity index is 773. The first-order chi connectivity index (χ1) is 9.86. The van der Waals surface area contributed by atoms with Gasteiger partial charge >= 0.3 is 5.97 Å². The fraction of sp³-hybridized carbons (Fsp3) is 0.111. The summed E-state index contributed by atoms with van der Waals surface area (Å²) in [6.07, 6.45) is 1.08. The predicted octanol–water partition coefficient (Wildman–Crippen LogP) is 1.83. The molecule has 0 aliphatic carbocycles. The fourth-order valence-electron chi connectivity index (χ4n) is 1.27. The maximum absolute atomic E-state index is 12.3. The van der Waals surface area contributed by atoms with E-state index in [2.05, 4.69) is 24.4 Å². The number of sulfonamides is 1. The molecule has 2 rings (SSSR count). The number of hydrogen-bond acceptors (Lipinski definition) is 8. The summed E-state index contributed by atoms with van der Waals surface area (Å²) in [5.74, 6) is -0.877. The largest absolute Gasteiger partial charge is 0.464 e. The lowest BCUT2D eigenvalue weighted by Gasteiger charge is -2.09. The van der Waals surface area contributed by atoms with E-state index >= 15 is 0 Å². The number of halogens is 2. The van der Waals surface area contributed by atoms with Crippen LogP contribution < -0.4 is 4.72 Å². The lowest BCUT2D eigenvalue weighted by Crippen LogP contribution is -2.17. The molecule has 112 valence electrons. The number of esters is 1. The fourth-order valence-corrected chi connectivity index (χ4v) is 4.00. The number of anilines is 1. The smallest absolute Gasteiger partial charge is 0.358 e. The third kappa shape index (κ3) is 3.23. The van der Waals surface area contributed by atoms with E-state index in [1.165, 1.54) is 5.51 Å². The molecule has 0 saturated heterocycles. The van der Waals surface area contributed by atoms with E-state index in [1.807, 2.05) is 0 Å². The van der Waals surface area contributed by atoms with Crippen LogP contribution in [0.4, 0.5) is 5.69 Å². The van der Waals surface area contributed by atoms with Crippen molar-refractivity contribution < 1.29 is 17.9 Å². The Hall–Kier alpha value is -1.49. The molecule has 12 heteroatoms. The number of rotatable bonds is 4. The average Bonchev–Trinajstić information content (AvgIpc) is 2.92. The summed E-state index contributed by atoms with van der Waals surface area (Å²) in [5.41, 5.74) is 0.676. The van der Waals surface area contributed by atoms with Gasteiger partial charge in [0.25, 0.3) is 10.0 Å². The molecule has 8 nitrogen and oxygen atoms in total. The molecule has 1 N–H and O–H groups in total. The quantitative estimate of drug-likeness (QED) is 0.646. The molecule has 2 aromatic rings. The van der Waals surface area contributed by atoms with E-state index < -0.39 is 16.0 Å². The zero-order valence-electron chi connectivity index (χ0n) is 10.2. The van der Waals surface area contributed by atoms with Crippen molar-refractivity contribution in [1.82, 2.24) is 15.0 Å². The maximum Gasteiger partial charge on any atom is 0.358 e. The van der Waals surface area contributed by atoms with Crippen LogP contribution in [0.15, 0.2) is 16.0 Å². The minimum atomic E-state index is -4.14. The Morgan fingerprint density at radius 1 is 1.29 bits per heavy atom. The summed E-state index contributed by atoms with van der Waals surface area (Å²) in [6, 6.07) is 0. The third-order valence-corrected chi connectivity index (χ3v) is 5.44. The molecule has 0 atom stereocenters. The highest BCUT2D eigenvalue weighted by Gasteiger charge is 2.28. The van der Waals surface area contributed by atoms with E-state index in [1.54, 1.807) is 0 Å². The van der Waals surface area contributed by atoms with Gasteiger partial charge in [0.15, 0.2) is 20.2 Å². The highest BCUT2D eigenvalue weighted by Crippen LogP contribution is 2.30. The standard InChI is InChI=1S/C9H6Cl2N4O4S2/c1-19-8(16)5-9(20-3-14-5)21(17,18)15-4-6(10)12-2-13-7(4)11/h2-3,15H,1H3. The molecular weight excluding hydrogens is 363 g/mol. The minimum absolute atomic E-state index is 0.178. The van der Waals surface area contributed by atoms with E-state index in [4.69, 9.17) is 23.2 Å².